The van der Waals surface area contributed by atoms with Gasteiger partial charge in [0.15, 0.2) is 0 Å². The van der Waals surface area contributed by atoms with E-state index in [9.17, 15) is 9.59 Å². The Bertz CT molecular complexity index is 975. The zero-order chi connectivity index (χ0) is 19.3. The lowest BCUT2D eigenvalue weighted by Crippen LogP contribution is -2.39. The maximum atomic E-state index is 12.7. The average molecular weight is 393 g/mol. The Morgan fingerprint density at radius 1 is 1.11 bits per heavy atom. The molecule has 28 heavy (non-hydrogen) atoms. The van der Waals surface area contributed by atoms with Crippen LogP contribution in [0, 0.1) is 0 Å². The van der Waals surface area contributed by atoms with Gasteiger partial charge in [-0.25, -0.2) is 4.68 Å². The van der Waals surface area contributed by atoms with Gasteiger partial charge in [0.1, 0.15) is 6.04 Å². The van der Waals surface area contributed by atoms with Crippen molar-refractivity contribution < 1.29 is 9.59 Å². The quantitative estimate of drug-likeness (QED) is 0.629. The molecule has 142 valence electrons. The molecule has 0 aliphatic carbocycles. The van der Waals surface area contributed by atoms with Gasteiger partial charge in [0.05, 0.1) is 6.42 Å². The van der Waals surface area contributed by atoms with E-state index in [1.54, 1.807) is 0 Å². The molecule has 0 bridgehead atoms. The third-order valence-electron chi connectivity index (χ3n) is 4.36. The number of aromatic nitrogens is 3. The van der Waals surface area contributed by atoms with Gasteiger partial charge < -0.3 is 5.32 Å². The van der Waals surface area contributed by atoms with Crippen molar-refractivity contribution in [2.45, 2.75) is 29.9 Å². The molecule has 0 saturated carbocycles. The molecule has 2 N–H and O–H groups in total. The summed E-state index contributed by atoms with van der Waals surface area (Å²) in [5.74, 6) is 0.541. The number of thioether (sulfide) groups is 1. The third kappa shape index (κ3) is 4.23. The molecule has 4 rings (SSSR count). The number of hydrogen-bond acceptors (Lipinski definition) is 5. The summed E-state index contributed by atoms with van der Waals surface area (Å²) in [5, 5.41) is 10.6. The molecule has 1 aliphatic rings. The number of nitrogens with one attached hydrogen (secondary N) is 2. The Balaban J connectivity index is 1.45. The van der Waals surface area contributed by atoms with Crippen molar-refractivity contribution in [1.82, 2.24) is 20.1 Å². The molecule has 2 amide bonds. The first-order chi connectivity index (χ1) is 13.7. The van der Waals surface area contributed by atoms with Crippen LogP contribution in [0.15, 0.2) is 65.8 Å². The van der Waals surface area contributed by atoms with Gasteiger partial charge in [0, 0.05) is 12.3 Å². The summed E-state index contributed by atoms with van der Waals surface area (Å²) in [5.41, 5.74) is 2.15. The van der Waals surface area contributed by atoms with E-state index in [2.05, 4.69) is 20.7 Å². The van der Waals surface area contributed by atoms with Gasteiger partial charge in [0.2, 0.25) is 22.9 Å². The van der Waals surface area contributed by atoms with Gasteiger partial charge in [-0.2, -0.15) is 4.98 Å². The first-order valence-electron chi connectivity index (χ1n) is 8.94. The zero-order valence-corrected chi connectivity index (χ0v) is 15.9. The van der Waals surface area contributed by atoms with E-state index in [4.69, 9.17) is 0 Å². The lowest BCUT2D eigenvalue weighted by atomic mass is 10.1. The second kappa shape index (κ2) is 8.26. The van der Waals surface area contributed by atoms with E-state index >= 15 is 0 Å². The summed E-state index contributed by atoms with van der Waals surface area (Å²) in [6.07, 6.45) is 0.0414. The van der Waals surface area contributed by atoms with Crippen LogP contribution in [0.4, 0.5) is 5.95 Å². The van der Waals surface area contributed by atoms with E-state index in [1.807, 2.05) is 60.7 Å². The summed E-state index contributed by atoms with van der Waals surface area (Å²) in [7, 11) is 0. The van der Waals surface area contributed by atoms with Crippen molar-refractivity contribution in [3.63, 3.8) is 0 Å². The molecule has 8 heteroatoms. The van der Waals surface area contributed by atoms with Crippen molar-refractivity contribution >= 4 is 29.5 Å². The van der Waals surface area contributed by atoms with Crippen molar-refractivity contribution in [2.24, 2.45) is 0 Å². The fourth-order valence-electron chi connectivity index (χ4n) is 2.93. The average Bonchev–Trinajstić information content (AvgIpc) is 3.14. The van der Waals surface area contributed by atoms with E-state index in [1.165, 1.54) is 16.4 Å². The minimum Gasteiger partial charge on any atom is -0.350 e. The van der Waals surface area contributed by atoms with Gasteiger partial charge in [0.25, 0.3) is 0 Å². The monoisotopic (exact) mass is 393 g/mol. The summed E-state index contributed by atoms with van der Waals surface area (Å²) in [6.45, 7) is 0.400. The Kier molecular flexibility index (Phi) is 5.38. The Morgan fingerprint density at radius 2 is 1.79 bits per heavy atom. The van der Waals surface area contributed by atoms with Crippen molar-refractivity contribution in [3.05, 3.63) is 71.8 Å². The zero-order valence-electron chi connectivity index (χ0n) is 15.0. The molecule has 2 aromatic carbocycles. The van der Waals surface area contributed by atoms with Crippen molar-refractivity contribution in [1.29, 1.82) is 0 Å². The second-order valence-corrected chi connectivity index (χ2v) is 7.35. The number of amides is 2. The molecular weight excluding hydrogens is 374 g/mol. The predicted molar refractivity (Wildman–Crippen MR) is 107 cm³/mol. The van der Waals surface area contributed by atoms with Crippen LogP contribution in [0.1, 0.15) is 23.6 Å². The molecule has 2 heterocycles. The van der Waals surface area contributed by atoms with Crippen LogP contribution in [0.5, 0.6) is 0 Å². The number of benzene rings is 2. The molecule has 7 nitrogen and oxygen atoms in total. The van der Waals surface area contributed by atoms with Crippen LogP contribution >= 0.6 is 11.8 Å². The molecular formula is C20H19N5O2S. The Labute approximate surface area is 166 Å². The van der Waals surface area contributed by atoms with Gasteiger partial charge in [-0.3, -0.25) is 14.9 Å². The molecule has 0 fully saturated rings. The van der Waals surface area contributed by atoms with Crippen LogP contribution in [-0.2, 0) is 21.9 Å². The Morgan fingerprint density at radius 3 is 2.50 bits per heavy atom. The summed E-state index contributed by atoms with van der Waals surface area (Å²) >= 11 is 1.47. The minimum atomic E-state index is -0.703. The Hall–Kier alpha value is -3.13. The normalized spacial score (nSPS) is 15.6. The van der Waals surface area contributed by atoms with Crippen molar-refractivity contribution in [3.8, 4) is 0 Å². The fraction of sp³-hybridized carbons (Fsp3) is 0.200. The molecule has 0 radical (unpaired) electrons. The van der Waals surface area contributed by atoms with Gasteiger partial charge >= 0.3 is 0 Å². The molecule has 1 aromatic heterocycles. The lowest BCUT2D eigenvalue weighted by molar-refractivity contribution is -0.129. The van der Waals surface area contributed by atoms with Gasteiger partial charge in [-0.1, -0.05) is 72.4 Å². The highest BCUT2D eigenvalue weighted by Gasteiger charge is 2.33. The van der Waals surface area contributed by atoms with Crippen LogP contribution in [-0.4, -0.2) is 26.6 Å². The highest BCUT2D eigenvalue weighted by Crippen LogP contribution is 2.27. The largest absolute Gasteiger partial charge is 0.350 e. The molecule has 3 aromatic rings. The number of rotatable bonds is 6. The standard InChI is InChI=1S/C20H19N5O2S/c26-17-11-16(18(27)21-12-14-7-3-1-4-8-14)25-19(22-17)23-20(24-25)28-13-15-9-5-2-6-10-15/h1-10,16H,11-13H2,(H,21,27)(H,22,23,24,26)/t16-/m0/s1. The highest BCUT2D eigenvalue weighted by molar-refractivity contribution is 7.98. The van der Waals surface area contributed by atoms with E-state index in [0.717, 1.165) is 11.1 Å². The van der Waals surface area contributed by atoms with Crippen LogP contribution in [0.2, 0.25) is 0 Å². The molecule has 0 saturated heterocycles. The minimum absolute atomic E-state index is 0.0414. The fourth-order valence-corrected chi connectivity index (χ4v) is 3.72. The topological polar surface area (TPSA) is 88.9 Å². The number of nitrogens with zero attached hydrogens (tertiary/aromatic N) is 3. The number of hydrogen-bond donors (Lipinski definition) is 2. The SMILES string of the molecule is O=C1C[C@@H](C(=O)NCc2ccccc2)n2nc(SCc3ccccc3)nc2N1. The van der Waals surface area contributed by atoms with E-state index in [0.29, 0.717) is 23.4 Å². The van der Waals surface area contributed by atoms with Crippen molar-refractivity contribution in [2.75, 3.05) is 5.32 Å². The number of fused-ring (bicyclic) bond motifs is 1. The lowest BCUT2D eigenvalue weighted by Gasteiger charge is -2.22. The smallest absolute Gasteiger partial charge is 0.245 e. The molecule has 1 aliphatic heterocycles. The van der Waals surface area contributed by atoms with Gasteiger partial charge in [-0.15, -0.1) is 5.10 Å². The third-order valence-corrected chi connectivity index (χ3v) is 5.27. The molecule has 0 spiro atoms. The summed E-state index contributed by atoms with van der Waals surface area (Å²) in [4.78, 5) is 29.1. The molecule has 0 unspecified atom stereocenters. The maximum absolute atomic E-state index is 12.7. The number of anilines is 1. The summed E-state index contributed by atoms with van der Waals surface area (Å²) < 4.78 is 1.51. The number of carbonyl (C=O) groups is 2. The summed E-state index contributed by atoms with van der Waals surface area (Å²) in [6, 6.07) is 18.9. The van der Waals surface area contributed by atoms with Gasteiger partial charge in [-0.05, 0) is 11.1 Å². The van der Waals surface area contributed by atoms with Crippen LogP contribution in [0.25, 0.3) is 0 Å². The maximum Gasteiger partial charge on any atom is 0.245 e. The molecule has 1 atom stereocenters. The van der Waals surface area contributed by atoms with E-state index in [-0.39, 0.29) is 18.2 Å². The van der Waals surface area contributed by atoms with E-state index < -0.39 is 6.04 Å². The number of carbonyl (C=O) groups excluding carboxylic acids is 2. The first kappa shape index (κ1) is 18.2. The first-order valence-corrected chi connectivity index (χ1v) is 9.92. The van der Waals surface area contributed by atoms with Crippen LogP contribution < -0.4 is 10.6 Å². The highest BCUT2D eigenvalue weighted by atomic mass is 32.2. The second-order valence-electron chi connectivity index (χ2n) is 6.41. The predicted octanol–water partition coefficient (Wildman–Crippen LogP) is 2.77. The van der Waals surface area contributed by atoms with Crippen LogP contribution in [0.3, 0.4) is 0 Å².